The second-order valence-corrected chi connectivity index (χ2v) is 9.20. The van der Waals surface area contributed by atoms with Crippen molar-refractivity contribution in [2.45, 2.75) is 23.1 Å². The zero-order valence-electron chi connectivity index (χ0n) is 18.6. The first kappa shape index (κ1) is 25.0. The molecule has 1 N–H and O–H groups in total. The molecule has 186 valence electrons. The fourth-order valence-electron chi connectivity index (χ4n) is 4.05. The lowest BCUT2D eigenvalue weighted by atomic mass is 10.00. The molecular formula is C22H19ClF3N3O5S. The number of aromatic nitrogens is 3. The Morgan fingerprint density at radius 2 is 1.83 bits per heavy atom. The van der Waals surface area contributed by atoms with E-state index < -0.39 is 34.9 Å². The summed E-state index contributed by atoms with van der Waals surface area (Å²) in [6, 6.07) is 8.01. The summed E-state index contributed by atoms with van der Waals surface area (Å²) < 4.78 is 59.3. The molecule has 0 saturated carbocycles. The number of halogens is 4. The molecule has 1 aromatic heterocycles. The molecule has 0 spiro atoms. The molecule has 0 bridgehead atoms. The quantitative estimate of drug-likeness (QED) is 0.458. The zero-order chi connectivity index (χ0) is 25.5. The van der Waals surface area contributed by atoms with E-state index in [1.807, 2.05) is 0 Å². The lowest BCUT2D eigenvalue weighted by Crippen LogP contribution is -2.17. The van der Waals surface area contributed by atoms with Crippen LogP contribution in [0.2, 0.25) is 5.02 Å². The highest BCUT2D eigenvalue weighted by Gasteiger charge is 2.44. The second-order valence-electron chi connectivity index (χ2n) is 7.45. The van der Waals surface area contributed by atoms with Crippen LogP contribution in [0.25, 0.3) is 5.69 Å². The molecular weight excluding hydrogens is 511 g/mol. The van der Waals surface area contributed by atoms with Crippen molar-refractivity contribution in [3.63, 3.8) is 0 Å². The fourth-order valence-corrected chi connectivity index (χ4v) is 5.77. The first-order valence-corrected chi connectivity index (χ1v) is 11.4. The standard InChI is InChI=1S/C22H19ClF3N3O5S/c1-32-13-6-4-5-11(18(13)34-3)19-12-7-10(23)8-14(33-2)17(12)29-20(15(35-19)9-16(30)31)27-28-21(29)22(24,25)26/h4-8,15,19H,9H2,1-3H3,(H,30,31)/t15-,19-/m1/s1. The van der Waals surface area contributed by atoms with E-state index in [1.54, 1.807) is 18.2 Å². The van der Waals surface area contributed by atoms with Crippen LogP contribution in [-0.2, 0) is 11.0 Å². The minimum absolute atomic E-state index is 0.0134. The Kier molecular flexibility index (Phi) is 6.78. The number of nitrogens with zero attached hydrogens (tertiary/aromatic N) is 3. The maximum atomic E-state index is 14.0. The molecule has 2 aromatic carbocycles. The maximum Gasteiger partial charge on any atom is 0.452 e. The third-order valence-electron chi connectivity index (χ3n) is 5.40. The number of para-hydroxylation sites is 1. The first-order chi connectivity index (χ1) is 16.6. The number of carbonyl (C=O) groups is 1. The van der Waals surface area contributed by atoms with Gasteiger partial charge in [0.25, 0.3) is 0 Å². The number of carboxylic acid groups (broad SMARTS) is 1. The van der Waals surface area contributed by atoms with E-state index in [1.165, 1.54) is 33.5 Å². The number of thioether (sulfide) groups is 1. The van der Waals surface area contributed by atoms with Gasteiger partial charge in [0, 0.05) is 16.7 Å². The molecule has 2 heterocycles. The summed E-state index contributed by atoms with van der Waals surface area (Å²) in [5.41, 5.74) is 0.898. The van der Waals surface area contributed by atoms with Gasteiger partial charge in [-0.05, 0) is 17.7 Å². The number of benzene rings is 2. The molecule has 0 fully saturated rings. The summed E-state index contributed by atoms with van der Waals surface area (Å²) in [6.07, 6.45) is -5.38. The molecule has 8 nitrogen and oxygen atoms in total. The van der Waals surface area contributed by atoms with Gasteiger partial charge < -0.3 is 19.3 Å². The van der Waals surface area contributed by atoms with Gasteiger partial charge in [0.05, 0.1) is 43.9 Å². The molecule has 3 aromatic rings. The monoisotopic (exact) mass is 529 g/mol. The molecule has 35 heavy (non-hydrogen) atoms. The Labute approximate surface area is 207 Å². The van der Waals surface area contributed by atoms with E-state index in [0.717, 1.165) is 16.3 Å². The van der Waals surface area contributed by atoms with Crippen molar-refractivity contribution in [3.05, 3.63) is 58.1 Å². The molecule has 0 aliphatic carbocycles. The van der Waals surface area contributed by atoms with Gasteiger partial charge in [0.15, 0.2) is 17.3 Å². The molecule has 13 heteroatoms. The Morgan fingerprint density at radius 1 is 1.11 bits per heavy atom. The highest BCUT2D eigenvalue weighted by molar-refractivity contribution is 8.00. The maximum absolute atomic E-state index is 14.0. The average Bonchev–Trinajstić information content (AvgIpc) is 3.20. The summed E-state index contributed by atoms with van der Waals surface area (Å²) in [4.78, 5) is 11.7. The number of carboxylic acids is 1. The van der Waals surface area contributed by atoms with Crippen LogP contribution < -0.4 is 14.2 Å². The third-order valence-corrected chi connectivity index (χ3v) is 7.11. The van der Waals surface area contributed by atoms with Gasteiger partial charge >= 0.3 is 12.1 Å². The van der Waals surface area contributed by atoms with Crippen LogP contribution in [0.5, 0.6) is 17.2 Å². The summed E-state index contributed by atoms with van der Waals surface area (Å²) in [5.74, 6) is -1.89. The summed E-state index contributed by atoms with van der Waals surface area (Å²) in [6.45, 7) is 0. The Hall–Kier alpha value is -3.12. The molecule has 0 unspecified atom stereocenters. The Balaban J connectivity index is 2.11. The van der Waals surface area contributed by atoms with E-state index in [-0.39, 0.29) is 22.3 Å². The number of hydrogen-bond acceptors (Lipinski definition) is 7. The molecule has 0 radical (unpaired) electrons. The summed E-state index contributed by atoms with van der Waals surface area (Å²) >= 11 is 7.45. The minimum Gasteiger partial charge on any atom is -0.494 e. The number of ether oxygens (including phenoxy) is 3. The Bertz CT molecular complexity index is 1280. The predicted molar refractivity (Wildman–Crippen MR) is 122 cm³/mol. The molecule has 4 rings (SSSR count). The van der Waals surface area contributed by atoms with Gasteiger partial charge in [-0.25, -0.2) is 0 Å². The highest BCUT2D eigenvalue weighted by Crippen LogP contribution is 2.56. The van der Waals surface area contributed by atoms with Crippen molar-refractivity contribution in [1.82, 2.24) is 14.8 Å². The van der Waals surface area contributed by atoms with Crippen LogP contribution in [0.15, 0.2) is 30.3 Å². The molecule has 1 aliphatic rings. The van der Waals surface area contributed by atoms with Crippen molar-refractivity contribution in [2.75, 3.05) is 21.3 Å². The van der Waals surface area contributed by atoms with Crippen molar-refractivity contribution in [2.24, 2.45) is 0 Å². The largest absolute Gasteiger partial charge is 0.494 e. The van der Waals surface area contributed by atoms with E-state index in [0.29, 0.717) is 22.6 Å². The number of aliphatic carboxylic acids is 1. The van der Waals surface area contributed by atoms with Gasteiger partial charge in [-0.1, -0.05) is 23.7 Å². The van der Waals surface area contributed by atoms with Crippen LogP contribution in [0.1, 0.15) is 39.7 Å². The van der Waals surface area contributed by atoms with Crippen molar-refractivity contribution in [1.29, 1.82) is 0 Å². The van der Waals surface area contributed by atoms with Crippen LogP contribution in [0.3, 0.4) is 0 Å². The van der Waals surface area contributed by atoms with E-state index in [9.17, 15) is 23.1 Å². The van der Waals surface area contributed by atoms with Crippen molar-refractivity contribution >= 4 is 29.3 Å². The van der Waals surface area contributed by atoms with Crippen LogP contribution >= 0.6 is 23.4 Å². The average molecular weight is 530 g/mol. The second kappa shape index (κ2) is 9.50. The fraction of sp³-hybridized carbons (Fsp3) is 0.318. The van der Waals surface area contributed by atoms with E-state index in [4.69, 9.17) is 25.8 Å². The van der Waals surface area contributed by atoms with Gasteiger partial charge in [-0.2, -0.15) is 13.2 Å². The minimum atomic E-state index is -4.88. The van der Waals surface area contributed by atoms with Crippen LogP contribution in [0.4, 0.5) is 13.2 Å². The number of fused-ring (bicyclic) bond motifs is 3. The smallest absolute Gasteiger partial charge is 0.452 e. The van der Waals surface area contributed by atoms with E-state index in [2.05, 4.69) is 10.2 Å². The van der Waals surface area contributed by atoms with Gasteiger partial charge in [-0.3, -0.25) is 9.36 Å². The number of hydrogen-bond donors (Lipinski definition) is 1. The predicted octanol–water partition coefficient (Wildman–Crippen LogP) is 5.32. The van der Waals surface area contributed by atoms with Crippen molar-refractivity contribution in [3.8, 4) is 22.9 Å². The summed E-state index contributed by atoms with van der Waals surface area (Å²) in [5, 5.41) is 15.2. The number of alkyl halides is 3. The van der Waals surface area contributed by atoms with Gasteiger partial charge in [-0.15, -0.1) is 22.0 Å². The number of methoxy groups -OCH3 is 3. The zero-order valence-corrected chi connectivity index (χ0v) is 20.2. The lowest BCUT2D eigenvalue weighted by Gasteiger charge is -2.24. The van der Waals surface area contributed by atoms with Gasteiger partial charge in [0.2, 0.25) is 5.82 Å². The molecule has 0 saturated heterocycles. The SMILES string of the molecule is COc1cccc([C@H]2S[C@H](CC(=O)O)c3nnc(C(F)(F)F)n3-c3c(OC)cc(Cl)cc32)c1OC. The molecule has 0 amide bonds. The van der Waals surface area contributed by atoms with Crippen molar-refractivity contribution < 1.29 is 37.3 Å². The van der Waals surface area contributed by atoms with Gasteiger partial charge in [0.1, 0.15) is 5.75 Å². The highest BCUT2D eigenvalue weighted by atomic mass is 35.5. The normalized spacial score (nSPS) is 17.2. The van der Waals surface area contributed by atoms with Crippen LogP contribution in [-0.4, -0.2) is 47.2 Å². The van der Waals surface area contributed by atoms with Crippen LogP contribution in [0, 0.1) is 0 Å². The lowest BCUT2D eigenvalue weighted by molar-refractivity contribution is -0.146. The first-order valence-electron chi connectivity index (χ1n) is 10.1. The van der Waals surface area contributed by atoms with E-state index >= 15 is 0 Å². The summed E-state index contributed by atoms with van der Waals surface area (Å²) in [7, 11) is 4.20. The molecule has 1 aliphatic heterocycles. The molecule has 2 atom stereocenters. The Morgan fingerprint density at radius 3 is 2.43 bits per heavy atom. The number of rotatable bonds is 6. The topological polar surface area (TPSA) is 95.7 Å². The third kappa shape index (κ3) is 4.47.